The van der Waals surface area contributed by atoms with Crippen LogP contribution in [-0.2, 0) is 4.74 Å². The molecular weight excluding hydrogens is 514 g/mol. The molecule has 1 aliphatic heterocycles. The highest BCUT2D eigenvalue weighted by atomic mass is 16.6. The van der Waals surface area contributed by atoms with E-state index in [-0.39, 0.29) is 23.6 Å². The predicted octanol–water partition coefficient (Wildman–Crippen LogP) is 3.84. The number of benzene rings is 1. The minimum absolute atomic E-state index is 0.0634. The maximum atomic E-state index is 13.2. The number of hydrogen-bond donors (Lipinski definition) is 2. The topological polar surface area (TPSA) is 135 Å². The summed E-state index contributed by atoms with van der Waals surface area (Å²) in [7, 11) is 1.55. The summed E-state index contributed by atoms with van der Waals surface area (Å²) in [5, 5.41) is 15.0. The fourth-order valence-electron chi connectivity index (χ4n) is 4.44. The number of amides is 2. The van der Waals surface area contributed by atoms with E-state index in [2.05, 4.69) is 25.2 Å². The van der Waals surface area contributed by atoms with Crippen molar-refractivity contribution in [1.29, 1.82) is 0 Å². The van der Waals surface area contributed by atoms with E-state index in [1.54, 1.807) is 42.7 Å². The Labute approximate surface area is 231 Å². The summed E-state index contributed by atoms with van der Waals surface area (Å²) in [5.74, 6) is 0.229. The first kappa shape index (κ1) is 26.7. The number of aromatic hydroxyl groups is 1. The molecule has 0 atom stereocenters. The van der Waals surface area contributed by atoms with Gasteiger partial charge in [-0.1, -0.05) is 0 Å². The fraction of sp³-hybridized carbons (Fsp3) is 0.321. The van der Waals surface area contributed by atoms with Crippen LogP contribution in [0.3, 0.4) is 0 Å². The highest BCUT2D eigenvalue weighted by Gasteiger charge is 2.27. The van der Waals surface area contributed by atoms with Gasteiger partial charge in [-0.05, 0) is 51.1 Å². The first-order valence-corrected chi connectivity index (χ1v) is 12.8. The third-order valence-corrected chi connectivity index (χ3v) is 6.41. The second-order valence-corrected chi connectivity index (χ2v) is 10.3. The van der Waals surface area contributed by atoms with Crippen molar-refractivity contribution in [3.8, 4) is 17.6 Å². The van der Waals surface area contributed by atoms with E-state index in [0.29, 0.717) is 43.0 Å². The van der Waals surface area contributed by atoms with Gasteiger partial charge in [-0.25, -0.2) is 14.8 Å². The standard InChI is InChI=1S/C28H31N7O5/c1-28(2,3)40-27(38)34-13-11-33(12-14-34)23-8-9-29-16-22(23)31-24(36)21-7-10-30-26(32-21)35-17-18-5-6-19(39-4)15-20(18)25(35)37/h5-10,15-17,37H,11-14H2,1-4H3,(H,31,36). The van der Waals surface area contributed by atoms with Crippen molar-refractivity contribution in [2.24, 2.45) is 0 Å². The number of nitrogens with zero attached hydrogens (tertiary/aromatic N) is 6. The number of pyridine rings is 1. The summed E-state index contributed by atoms with van der Waals surface area (Å²) in [6.45, 7) is 7.63. The number of ether oxygens (including phenoxy) is 2. The molecule has 12 nitrogen and oxygen atoms in total. The van der Waals surface area contributed by atoms with Crippen molar-refractivity contribution in [2.75, 3.05) is 43.5 Å². The third-order valence-electron chi connectivity index (χ3n) is 6.41. The van der Waals surface area contributed by atoms with Crippen molar-refractivity contribution in [1.82, 2.24) is 24.4 Å². The summed E-state index contributed by atoms with van der Waals surface area (Å²) >= 11 is 0. The van der Waals surface area contributed by atoms with E-state index in [9.17, 15) is 14.7 Å². The molecule has 0 saturated carbocycles. The van der Waals surface area contributed by atoms with Crippen LogP contribution in [0.1, 0.15) is 31.3 Å². The molecule has 208 valence electrons. The zero-order valence-corrected chi connectivity index (χ0v) is 22.8. The molecule has 5 rings (SSSR count). The molecule has 0 radical (unpaired) electrons. The van der Waals surface area contributed by atoms with Gasteiger partial charge in [0, 0.05) is 55.5 Å². The van der Waals surface area contributed by atoms with Crippen LogP contribution < -0.4 is 15.0 Å². The molecule has 1 aliphatic rings. The Morgan fingerprint density at radius 1 is 1.05 bits per heavy atom. The summed E-state index contributed by atoms with van der Waals surface area (Å²) < 4.78 is 12.2. The molecule has 1 saturated heterocycles. The molecule has 0 bridgehead atoms. The summed E-state index contributed by atoms with van der Waals surface area (Å²) in [6.07, 6.45) is 6.05. The molecule has 40 heavy (non-hydrogen) atoms. The van der Waals surface area contributed by atoms with Gasteiger partial charge in [-0.2, -0.15) is 0 Å². The van der Waals surface area contributed by atoms with E-state index in [1.807, 2.05) is 32.9 Å². The smallest absolute Gasteiger partial charge is 0.410 e. The molecule has 4 heterocycles. The van der Waals surface area contributed by atoms with Crippen LogP contribution in [0.4, 0.5) is 16.2 Å². The van der Waals surface area contributed by atoms with Gasteiger partial charge in [0.15, 0.2) is 0 Å². The summed E-state index contributed by atoms with van der Waals surface area (Å²) in [4.78, 5) is 42.3. The van der Waals surface area contributed by atoms with Crippen LogP contribution >= 0.6 is 0 Å². The van der Waals surface area contributed by atoms with Crippen molar-refractivity contribution < 1.29 is 24.2 Å². The van der Waals surface area contributed by atoms with Gasteiger partial charge in [0.25, 0.3) is 5.91 Å². The van der Waals surface area contributed by atoms with Gasteiger partial charge in [-0.15, -0.1) is 0 Å². The van der Waals surface area contributed by atoms with Crippen LogP contribution in [0, 0.1) is 0 Å². The molecule has 0 unspecified atom stereocenters. The minimum Gasteiger partial charge on any atom is -0.497 e. The molecule has 2 N–H and O–H groups in total. The first-order valence-electron chi connectivity index (χ1n) is 12.8. The van der Waals surface area contributed by atoms with Gasteiger partial charge in [0.05, 0.1) is 24.7 Å². The average molecular weight is 546 g/mol. The molecular formula is C28H31N7O5. The minimum atomic E-state index is -0.557. The molecule has 3 aromatic heterocycles. The molecule has 0 aliphatic carbocycles. The molecule has 4 aromatic rings. The zero-order valence-electron chi connectivity index (χ0n) is 22.8. The maximum Gasteiger partial charge on any atom is 0.410 e. The Morgan fingerprint density at radius 2 is 1.82 bits per heavy atom. The lowest BCUT2D eigenvalue weighted by molar-refractivity contribution is 0.0240. The highest BCUT2D eigenvalue weighted by Crippen LogP contribution is 2.32. The van der Waals surface area contributed by atoms with Crippen LogP contribution in [-0.4, -0.2) is 80.4 Å². The zero-order chi connectivity index (χ0) is 28.4. The number of methoxy groups -OCH3 is 1. The quantitative estimate of drug-likeness (QED) is 0.383. The van der Waals surface area contributed by atoms with Crippen LogP contribution in [0.15, 0.2) is 55.1 Å². The first-order chi connectivity index (χ1) is 19.1. The van der Waals surface area contributed by atoms with Crippen molar-refractivity contribution >= 4 is 34.1 Å². The third kappa shape index (κ3) is 5.60. The van der Waals surface area contributed by atoms with Crippen LogP contribution in [0.25, 0.3) is 16.7 Å². The van der Waals surface area contributed by atoms with Gasteiger partial charge in [0.2, 0.25) is 11.8 Å². The number of aromatic nitrogens is 4. The number of nitrogens with one attached hydrogen (secondary N) is 1. The van der Waals surface area contributed by atoms with Gasteiger partial charge >= 0.3 is 6.09 Å². The number of anilines is 2. The lowest BCUT2D eigenvalue weighted by Crippen LogP contribution is -2.50. The fourth-order valence-corrected chi connectivity index (χ4v) is 4.44. The van der Waals surface area contributed by atoms with Crippen LogP contribution in [0.5, 0.6) is 11.6 Å². The molecule has 1 fully saturated rings. The Kier molecular flexibility index (Phi) is 7.16. The second-order valence-electron chi connectivity index (χ2n) is 10.3. The van der Waals surface area contributed by atoms with E-state index >= 15 is 0 Å². The Balaban J connectivity index is 1.32. The summed E-state index contributed by atoms with van der Waals surface area (Å²) in [6, 6.07) is 8.65. The largest absolute Gasteiger partial charge is 0.497 e. The van der Waals surface area contributed by atoms with E-state index in [0.717, 1.165) is 11.1 Å². The molecule has 0 spiro atoms. The van der Waals surface area contributed by atoms with Crippen molar-refractivity contribution in [3.05, 3.63) is 60.8 Å². The number of hydrogen-bond acceptors (Lipinski definition) is 9. The summed E-state index contributed by atoms with van der Waals surface area (Å²) in [5.41, 5.74) is 0.854. The number of piperazine rings is 1. The molecule has 12 heteroatoms. The number of rotatable bonds is 5. The molecule has 1 aromatic carbocycles. The van der Waals surface area contributed by atoms with Gasteiger partial charge < -0.3 is 29.7 Å². The molecule has 2 amide bonds. The van der Waals surface area contributed by atoms with Gasteiger partial charge in [0.1, 0.15) is 17.0 Å². The van der Waals surface area contributed by atoms with E-state index in [4.69, 9.17) is 9.47 Å². The average Bonchev–Trinajstić information content (AvgIpc) is 3.28. The number of carbonyl (C=O) groups is 2. The predicted molar refractivity (Wildman–Crippen MR) is 149 cm³/mol. The van der Waals surface area contributed by atoms with Crippen molar-refractivity contribution in [3.63, 3.8) is 0 Å². The lowest BCUT2D eigenvalue weighted by atomic mass is 10.2. The Bertz CT molecular complexity index is 1550. The van der Waals surface area contributed by atoms with E-state index in [1.165, 1.54) is 16.8 Å². The second kappa shape index (κ2) is 10.7. The lowest BCUT2D eigenvalue weighted by Gasteiger charge is -2.37. The maximum absolute atomic E-state index is 13.2. The Morgan fingerprint density at radius 3 is 2.55 bits per heavy atom. The normalized spacial score (nSPS) is 13.8. The van der Waals surface area contributed by atoms with Crippen LogP contribution in [0.2, 0.25) is 0 Å². The number of fused-ring (bicyclic) bond motifs is 1. The SMILES string of the molecule is COc1ccc2cn(-c3nccc(C(=O)Nc4cnccc4N4CCN(C(=O)OC(C)(C)C)CC4)n3)c(O)c2c1. The monoisotopic (exact) mass is 545 g/mol. The number of carbonyl (C=O) groups excluding carboxylic acids is 2. The van der Waals surface area contributed by atoms with E-state index < -0.39 is 11.5 Å². The van der Waals surface area contributed by atoms with Crippen molar-refractivity contribution in [2.45, 2.75) is 26.4 Å². The highest BCUT2D eigenvalue weighted by molar-refractivity contribution is 6.04. The van der Waals surface area contributed by atoms with Gasteiger partial charge in [-0.3, -0.25) is 14.3 Å². The Hall–Kier alpha value is -4.87.